The summed E-state index contributed by atoms with van der Waals surface area (Å²) < 4.78 is 24.8. The van der Waals surface area contributed by atoms with Crippen LogP contribution in [0.25, 0.3) is 0 Å². The smallest absolute Gasteiger partial charge is 0.230 e. The summed E-state index contributed by atoms with van der Waals surface area (Å²) in [6.07, 6.45) is 7.79. The van der Waals surface area contributed by atoms with Crippen molar-refractivity contribution in [2.45, 2.75) is 57.7 Å². The summed E-state index contributed by atoms with van der Waals surface area (Å²) >= 11 is 0. The lowest BCUT2D eigenvalue weighted by molar-refractivity contribution is -0.0893. The SMILES string of the molecule is CCn1ccc(Nc2ncc3c(n2)N(c2cccc(N=S(C)(C)=O)n2)[C@@H]2CC(C)(C)OC[C@]32C)n1. The quantitative estimate of drug-likeness (QED) is 0.560. The summed E-state index contributed by atoms with van der Waals surface area (Å²) in [4.78, 5) is 16.5. The van der Waals surface area contributed by atoms with E-state index in [-0.39, 0.29) is 17.1 Å². The Morgan fingerprint density at radius 2 is 2.03 bits per heavy atom. The normalized spacial score (nSPS) is 23.0. The highest BCUT2D eigenvalue weighted by Crippen LogP contribution is 2.53. The zero-order valence-corrected chi connectivity index (χ0v) is 21.8. The zero-order chi connectivity index (χ0) is 25.0. The van der Waals surface area contributed by atoms with Crippen molar-refractivity contribution in [2.24, 2.45) is 4.36 Å². The van der Waals surface area contributed by atoms with E-state index in [4.69, 9.17) is 14.7 Å². The lowest BCUT2D eigenvalue weighted by Gasteiger charge is -2.46. The average Bonchev–Trinajstić information content (AvgIpc) is 3.32. The number of pyridine rings is 1. The van der Waals surface area contributed by atoms with Crippen molar-refractivity contribution in [1.29, 1.82) is 0 Å². The minimum Gasteiger partial charge on any atom is -0.374 e. The van der Waals surface area contributed by atoms with Crippen LogP contribution in [-0.2, 0) is 26.4 Å². The summed E-state index contributed by atoms with van der Waals surface area (Å²) in [7, 11) is -2.34. The fourth-order valence-corrected chi connectivity index (χ4v) is 5.35. The Morgan fingerprint density at radius 1 is 1.23 bits per heavy atom. The van der Waals surface area contributed by atoms with Crippen molar-refractivity contribution in [3.63, 3.8) is 0 Å². The molecule has 0 aliphatic carbocycles. The van der Waals surface area contributed by atoms with Crippen molar-refractivity contribution in [3.8, 4) is 0 Å². The van der Waals surface area contributed by atoms with Gasteiger partial charge in [-0.1, -0.05) is 13.0 Å². The monoisotopic (exact) mass is 496 g/mol. The van der Waals surface area contributed by atoms with Crippen LogP contribution in [0.3, 0.4) is 0 Å². The Morgan fingerprint density at radius 3 is 2.74 bits per heavy atom. The van der Waals surface area contributed by atoms with Gasteiger partial charge in [0.25, 0.3) is 0 Å². The first-order valence-corrected chi connectivity index (χ1v) is 14.1. The highest BCUT2D eigenvalue weighted by atomic mass is 32.2. The third kappa shape index (κ3) is 4.50. The van der Waals surface area contributed by atoms with Gasteiger partial charge in [0, 0.05) is 58.2 Å². The molecular formula is C24H32N8O2S. The van der Waals surface area contributed by atoms with E-state index in [2.05, 4.69) is 45.4 Å². The number of ether oxygens (including phenoxy) is 1. The number of nitrogens with zero attached hydrogens (tertiary/aromatic N) is 7. The molecule has 3 aromatic heterocycles. The third-order valence-corrected chi connectivity index (χ3v) is 7.22. The van der Waals surface area contributed by atoms with Crippen LogP contribution < -0.4 is 10.2 Å². The van der Waals surface area contributed by atoms with Crippen molar-refractivity contribution in [2.75, 3.05) is 29.3 Å². The lowest BCUT2D eigenvalue weighted by Crippen LogP contribution is -2.54. The molecule has 2 atom stereocenters. The maximum absolute atomic E-state index is 12.3. The second kappa shape index (κ2) is 8.27. The highest BCUT2D eigenvalue weighted by molar-refractivity contribution is 7.92. The molecule has 0 aromatic carbocycles. The molecule has 5 heterocycles. The van der Waals surface area contributed by atoms with Gasteiger partial charge in [0.2, 0.25) is 5.95 Å². The van der Waals surface area contributed by atoms with E-state index in [1.165, 1.54) is 0 Å². The van der Waals surface area contributed by atoms with Gasteiger partial charge in [-0.05, 0) is 39.3 Å². The molecule has 0 amide bonds. The molecular weight excluding hydrogens is 464 g/mol. The number of hydrogen-bond acceptors (Lipinski definition) is 9. The van der Waals surface area contributed by atoms with Crippen LogP contribution in [0.1, 0.15) is 39.7 Å². The van der Waals surface area contributed by atoms with Crippen LogP contribution in [0.15, 0.2) is 41.0 Å². The maximum atomic E-state index is 12.3. The van der Waals surface area contributed by atoms with Crippen molar-refractivity contribution in [1.82, 2.24) is 24.7 Å². The van der Waals surface area contributed by atoms with E-state index < -0.39 is 9.73 Å². The van der Waals surface area contributed by atoms with E-state index in [1.807, 2.05) is 42.2 Å². The number of anilines is 4. The minimum absolute atomic E-state index is 0.0560. The van der Waals surface area contributed by atoms with Gasteiger partial charge in [-0.3, -0.25) is 4.68 Å². The van der Waals surface area contributed by atoms with Gasteiger partial charge in [0.05, 0.1) is 18.2 Å². The van der Waals surface area contributed by atoms with Crippen LogP contribution in [0, 0.1) is 0 Å². The number of fused-ring (bicyclic) bond motifs is 3. The minimum atomic E-state index is -2.34. The van der Waals surface area contributed by atoms with Crippen LogP contribution >= 0.6 is 0 Å². The van der Waals surface area contributed by atoms with Crippen molar-refractivity contribution < 1.29 is 8.95 Å². The van der Waals surface area contributed by atoms with E-state index in [0.717, 1.165) is 24.3 Å². The Hall–Kier alpha value is -3.05. The van der Waals surface area contributed by atoms with E-state index in [1.54, 1.807) is 18.6 Å². The molecule has 2 aliphatic rings. The molecule has 1 N–H and O–H groups in total. The number of rotatable bonds is 5. The summed E-state index contributed by atoms with van der Waals surface area (Å²) in [5.74, 6) is 3.08. The molecule has 2 aliphatic heterocycles. The second-order valence-electron chi connectivity index (χ2n) is 10.3. The van der Waals surface area contributed by atoms with Gasteiger partial charge in [0.15, 0.2) is 11.6 Å². The molecule has 10 nitrogen and oxygen atoms in total. The predicted octanol–water partition coefficient (Wildman–Crippen LogP) is 4.17. The molecule has 0 saturated carbocycles. The van der Waals surface area contributed by atoms with Gasteiger partial charge in [-0.25, -0.2) is 14.2 Å². The summed E-state index contributed by atoms with van der Waals surface area (Å²) in [5.41, 5.74) is 0.404. The summed E-state index contributed by atoms with van der Waals surface area (Å²) in [6, 6.07) is 7.57. The summed E-state index contributed by atoms with van der Waals surface area (Å²) in [5, 5.41) is 7.71. The Labute approximate surface area is 206 Å². The molecule has 5 rings (SSSR count). The Kier molecular flexibility index (Phi) is 5.59. The van der Waals surface area contributed by atoms with Gasteiger partial charge >= 0.3 is 0 Å². The molecule has 186 valence electrons. The largest absolute Gasteiger partial charge is 0.374 e. The first-order chi connectivity index (χ1) is 16.5. The van der Waals surface area contributed by atoms with Crippen LogP contribution in [0.5, 0.6) is 0 Å². The fourth-order valence-electron chi connectivity index (χ4n) is 4.80. The average molecular weight is 497 g/mol. The standard InChI is InChI=1S/C24H32N8O2S/c1-7-31-12-11-18(29-31)27-22-25-14-16-21(28-22)32(17-13-23(2,3)34-15-24(16,17)4)20-10-8-9-19(26-20)30-35(5,6)33/h8-12,14,17H,7,13,15H2,1-6H3,(H,25,27,28,29)/t17-,24-/m1/s1. The first-order valence-electron chi connectivity index (χ1n) is 11.7. The number of nitrogens with one attached hydrogen (secondary N) is 1. The predicted molar refractivity (Wildman–Crippen MR) is 137 cm³/mol. The highest BCUT2D eigenvalue weighted by Gasteiger charge is 2.55. The molecule has 1 saturated heterocycles. The molecule has 3 aromatic rings. The second-order valence-corrected chi connectivity index (χ2v) is 12.8. The lowest BCUT2D eigenvalue weighted by atomic mass is 9.73. The maximum Gasteiger partial charge on any atom is 0.230 e. The van der Waals surface area contributed by atoms with Crippen LogP contribution in [0.4, 0.5) is 29.2 Å². The number of hydrogen-bond donors (Lipinski definition) is 1. The van der Waals surface area contributed by atoms with E-state index in [9.17, 15) is 4.21 Å². The van der Waals surface area contributed by atoms with Crippen LogP contribution in [-0.4, -0.2) is 59.7 Å². The molecule has 11 heteroatoms. The van der Waals surface area contributed by atoms with Gasteiger partial charge in [-0.15, -0.1) is 0 Å². The van der Waals surface area contributed by atoms with Gasteiger partial charge in [0.1, 0.15) is 11.6 Å². The van der Waals surface area contributed by atoms with Gasteiger partial charge < -0.3 is 15.0 Å². The molecule has 0 bridgehead atoms. The zero-order valence-electron chi connectivity index (χ0n) is 21.0. The van der Waals surface area contributed by atoms with E-state index in [0.29, 0.717) is 30.0 Å². The molecule has 0 unspecified atom stereocenters. The summed E-state index contributed by atoms with van der Waals surface area (Å²) in [6.45, 7) is 9.79. The topological polar surface area (TPSA) is 110 Å². The van der Waals surface area contributed by atoms with Gasteiger partial charge in [-0.2, -0.15) is 14.4 Å². The fraction of sp³-hybridized carbons (Fsp3) is 0.500. The Bertz CT molecular complexity index is 1390. The van der Waals surface area contributed by atoms with Crippen molar-refractivity contribution >= 4 is 38.9 Å². The Balaban J connectivity index is 1.61. The number of aromatic nitrogens is 5. The molecule has 1 fully saturated rings. The number of aryl methyl sites for hydroxylation is 1. The molecule has 0 radical (unpaired) electrons. The van der Waals surface area contributed by atoms with Crippen LogP contribution in [0.2, 0.25) is 0 Å². The first kappa shape index (κ1) is 23.7. The molecule has 0 spiro atoms. The molecule has 35 heavy (non-hydrogen) atoms. The van der Waals surface area contributed by atoms with E-state index >= 15 is 0 Å². The third-order valence-electron chi connectivity index (χ3n) is 6.59. The van der Waals surface area contributed by atoms with Crippen molar-refractivity contribution in [3.05, 3.63) is 42.2 Å².